The van der Waals surface area contributed by atoms with Crippen LogP contribution in [0, 0.1) is 11.6 Å². The van der Waals surface area contributed by atoms with E-state index in [9.17, 15) is 0 Å². The van der Waals surface area contributed by atoms with E-state index in [1.807, 2.05) is 29.2 Å². The van der Waals surface area contributed by atoms with Gasteiger partial charge < -0.3 is 9.80 Å². The van der Waals surface area contributed by atoms with Gasteiger partial charge in [0.1, 0.15) is 17.3 Å². The fraction of sp³-hybridized carbons (Fsp3) is 0. The van der Waals surface area contributed by atoms with Crippen LogP contribution in [-0.2, 0) is 0 Å². The molecule has 61 heavy (non-hydrogen) atoms. The fourth-order valence-electron chi connectivity index (χ4n) is 10.7. The second-order valence-corrected chi connectivity index (χ2v) is 17.2. The molecule has 0 bridgehead atoms. The molecule has 2 nitrogen and oxygen atoms in total. The number of para-hydroxylation sites is 4. The van der Waals surface area contributed by atoms with E-state index in [2.05, 4.69) is 157 Å². The van der Waals surface area contributed by atoms with Crippen molar-refractivity contribution in [1.29, 1.82) is 0 Å². The average molecular weight is 801 g/mol. The van der Waals surface area contributed by atoms with Crippen molar-refractivity contribution < 1.29 is 8.78 Å². The van der Waals surface area contributed by atoms with Crippen LogP contribution in [0.1, 0.15) is 0 Å². The molecule has 4 aliphatic rings. The summed E-state index contributed by atoms with van der Waals surface area (Å²) in [5.41, 5.74) is 17.9. The van der Waals surface area contributed by atoms with E-state index in [4.69, 9.17) is 0 Å². The lowest BCUT2D eigenvalue weighted by molar-refractivity contribution is 0.586. The Morgan fingerprint density at radius 2 is 0.820 bits per heavy atom. The summed E-state index contributed by atoms with van der Waals surface area (Å²) in [6.07, 6.45) is 0. The summed E-state index contributed by atoms with van der Waals surface area (Å²) in [4.78, 5) is 6.65. The summed E-state index contributed by atoms with van der Waals surface area (Å²) in [6, 6.07) is 66.4. The van der Waals surface area contributed by atoms with Crippen LogP contribution in [0.3, 0.4) is 0 Å². The molecule has 9 aromatic carbocycles. The Balaban J connectivity index is 1.31. The lowest BCUT2D eigenvalue weighted by Gasteiger charge is -2.50. The first-order valence-electron chi connectivity index (χ1n) is 20.7. The molecule has 7 heteroatoms. The Morgan fingerprint density at radius 3 is 1.39 bits per heavy atom. The normalized spacial score (nSPS) is 13.5. The van der Waals surface area contributed by atoms with Crippen molar-refractivity contribution in [1.82, 2.24) is 0 Å². The zero-order chi connectivity index (χ0) is 40.3. The number of rotatable bonds is 4. The summed E-state index contributed by atoms with van der Waals surface area (Å²) < 4.78 is 33.9. The van der Waals surface area contributed by atoms with Crippen LogP contribution < -0.4 is 42.6 Å². The van der Waals surface area contributed by atoms with Crippen LogP contribution in [0.25, 0.3) is 33.4 Å². The van der Waals surface area contributed by atoms with E-state index < -0.39 is 11.6 Å². The first-order chi connectivity index (χ1) is 30.2. The van der Waals surface area contributed by atoms with Gasteiger partial charge in [-0.15, -0.1) is 0 Å². The van der Waals surface area contributed by atoms with E-state index >= 15 is 8.78 Å². The van der Waals surface area contributed by atoms with Crippen molar-refractivity contribution in [3.8, 4) is 33.4 Å². The first kappa shape index (κ1) is 34.7. The van der Waals surface area contributed by atoms with Crippen LogP contribution in [0.2, 0.25) is 0 Å². The van der Waals surface area contributed by atoms with Crippen LogP contribution in [-0.4, -0.2) is 13.4 Å². The Kier molecular flexibility index (Phi) is 7.53. The maximum atomic E-state index is 17.0. The monoisotopic (exact) mass is 800 g/mol. The van der Waals surface area contributed by atoms with Gasteiger partial charge in [-0.05, 0) is 86.0 Å². The predicted molar refractivity (Wildman–Crippen MR) is 252 cm³/mol. The number of fused-ring (bicyclic) bond motifs is 10. The van der Waals surface area contributed by atoms with Crippen molar-refractivity contribution in [3.05, 3.63) is 206 Å². The number of hydrogen-bond acceptors (Lipinski definition) is 3. The fourth-order valence-corrected chi connectivity index (χ4v) is 12.0. The van der Waals surface area contributed by atoms with Crippen LogP contribution in [0.5, 0.6) is 0 Å². The molecule has 0 radical (unpaired) electrons. The van der Waals surface area contributed by atoms with Crippen molar-refractivity contribution in [3.63, 3.8) is 0 Å². The lowest BCUT2D eigenvalue weighted by atomic mass is 9.29. The largest absolute Gasteiger partial charge is 0.312 e. The van der Waals surface area contributed by atoms with Gasteiger partial charge in [-0.2, -0.15) is 0 Å². The average Bonchev–Trinajstić information content (AvgIpc) is 3.32. The molecule has 0 saturated heterocycles. The quantitative estimate of drug-likeness (QED) is 0.164. The highest BCUT2D eigenvalue weighted by atomic mass is 32.2. The Bertz CT molecular complexity index is 3210. The van der Waals surface area contributed by atoms with Gasteiger partial charge in [0, 0.05) is 43.7 Å². The smallest absolute Gasteiger partial charge is 0.252 e. The van der Waals surface area contributed by atoms with E-state index in [0.29, 0.717) is 0 Å². The van der Waals surface area contributed by atoms with E-state index in [-0.39, 0.29) is 19.1 Å². The van der Waals surface area contributed by atoms with E-state index in [1.54, 1.807) is 11.8 Å². The van der Waals surface area contributed by atoms with Crippen LogP contribution in [0.15, 0.2) is 204 Å². The van der Waals surface area contributed by atoms with Crippen LogP contribution in [0.4, 0.5) is 42.9 Å². The molecule has 0 unspecified atom stereocenters. The molecule has 0 amide bonds. The predicted octanol–water partition coefficient (Wildman–Crippen LogP) is 10.3. The summed E-state index contributed by atoms with van der Waals surface area (Å²) in [6.45, 7) is -0.328. The summed E-state index contributed by atoms with van der Waals surface area (Å²) in [5, 5.41) is 0. The minimum absolute atomic E-state index is 0.0871. The molecule has 284 valence electrons. The SMILES string of the molecule is Fc1cccc(F)c1N1c2ccccc2B2c3ccccc3N3c4ccccc4B4c5ccccc5Sc5c4c3c2c1c5-c1c(-c2ccccc2)cccc1-c1ccccc1. The molecule has 0 aromatic heterocycles. The molecule has 0 atom stereocenters. The van der Waals surface area contributed by atoms with Gasteiger partial charge in [-0.3, -0.25) is 0 Å². The zero-order valence-corrected chi connectivity index (χ0v) is 33.5. The second-order valence-electron chi connectivity index (χ2n) is 16.1. The maximum Gasteiger partial charge on any atom is 0.252 e. The van der Waals surface area contributed by atoms with Gasteiger partial charge >= 0.3 is 0 Å². The third-order valence-electron chi connectivity index (χ3n) is 13.1. The highest BCUT2D eigenvalue weighted by Gasteiger charge is 2.52. The van der Waals surface area contributed by atoms with Gasteiger partial charge in [-0.1, -0.05) is 175 Å². The minimum Gasteiger partial charge on any atom is -0.312 e. The summed E-state index contributed by atoms with van der Waals surface area (Å²) in [7, 11) is 0. The molecule has 13 rings (SSSR count). The molecular weight excluding hydrogens is 768 g/mol. The number of halogens is 2. The van der Waals surface area contributed by atoms with Crippen molar-refractivity contribution in [2.75, 3.05) is 9.80 Å². The summed E-state index contributed by atoms with van der Waals surface area (Å²) >= 11 is 1.78. The molecule has 4 aliphatic heterocycles. The number of anilines is 6. The van der Waals surface area contributed by atoms with E-state index in [1.165, 1.54) is 39.5 Å². The van der Waals surface area contributed by atoms with Crippen LogP contribution >= 0.6 is 11.8 Å². The van der Waals surface area contributed by atoms with Gasteiger partial charge in [0.2, 0.25) is 6.71 Å². The van der Waals surface area contributed by atoms with Crippen molar-refractivity contribution in [2.24, 2.45) is 0 Å². The van der Waals surface area contributed by atoms with E-state index in [0.717, 1.165) is 83.1 Å². The summed E-state index contributed by atoms with van der Waals surface area (Å²) in [5.74, 6) is -1.24. The Hall–Kier alpha value is -7.08. The number of benzene rings is 9. The molecule has 0 fully saturated rings. The van der Waals surface area contributed by atoms with Gasteiger partial charge in [0.15, 0.2) is 0 Å². The van der Waals surface area contributed by atoms with Crippen molar-refractivity contribution in [2.45, 2.75) is 9.79 Å². The molecule has 4 heterocycles. The molecule has 0 aliphatic carbocycles. The number of nitrogens with zero attached hydrogens (tertiary/aromatic N) is 2. The topological polar surface area (TPSA) is 6.48 Å². The molecule has 0 N–H and O–H groups in total. The minimum atomic E-state index is -0.619. The third-order valence-corrected chi connectivity index (χ3v) is 14.3. The highest BCUT2D eigenvalue weighted by Crippen LogP contribution is 2.56. The third kappa shape index (κ3) is 4.81. The van der Waals surface area contributed by atoms with Gasteiger partial charge in [-0.25, -0.2) is 8.78 Å². The van der Waals surface area contributed by atoms with Gasteiger partial charge in [0.25, 0.3) is 6.71 Å². The van der Waals surface area contributed by atoms with Gasteiger partial charge in [0.05, 0.1) is 5.69 Å². The molecule has 0 spiro atoms. The molecule has 9 aromatic rings. The Labute approximate surface area is 357 Å². The first-order valence-corrected chi connectivity index (χ1v) is 21.5. The maximum absolute atomic E-state index is 17.0. The lowest BCUT2D eigenvalue weighted by Crippen LogP contribution is -2.68. The highest BCUT2D eigenvalue weighted by molar-refractivity contribution is 8.00. The van der Waals surface area contributed by atoms with Crippen molar-refractivity contribution >= 4 is 92.1 Å². The molecule has 0 saturated carbocycles. The standard InChI is InChI=1S/C54H32B2F2N2S/c57-41-27-16-28-42(58)51(41)60-45-31-13-9-25-39(45)55-37-23-7-11-29-43(37)59-44-30-12-8-24-38(44)56-40-26-10-14-32-46(40)61-54-48(52(60)49(55)53(59)50(54)56)47-35(33-17-3-1-4-18-33)21-15-22-36(47)34-19-5-2-6-20-34/h1-32H. The number of hydrogen-bond donors (Lipinski definition) is 0. The second kappa shape index (κ2) is 13.2. The molecular formula is C54H32B2F2N2S. The zero-order valence-electron chi connectivity index (χ0n) is 32.7. The Morgan fingerprint density at radius 1 is 0.361 bits per heavy atom.